The number of hydrazone groups is 1. The van der Waals surface area contributed by atoms with Crippen LogP contribution in [0, 0.1) is 0 Å². The van der Waals surface area contributed by atoms with Gasteiger partial charge in [0.1, 0.15) is 5.56 Å². The van der Waals surface area contributed by atoms with Crippen LogP contribution in [0.25, 0.3) is 5.69 Å². The number of rotatable bonds is 4. The second-order valence-electron chi connectivity index (χ2n) is 7.89. The summed E-state index contributed by atoms with van der Waals surface area (Å²) >= 11 is 5.92. The van der Waals surface area contributed by atoms with Crippen molar-refractivity contribution in [3.63, 3.8) is 0 Å². The van der Waals surface area contributed by atoms with Gasteiger partial charge in [-0.3, -0.25) is 14.6 Å². The number of H-pyrrole nitrogens is 1. The fraction of sp³-hybridized carbons (Fsp3) is 0.217. The first-order chi connectivity index (χ1) is 15.7. The molecule has 0 fully saturated rings. The highest BCUT2D eigenvalue weighted by atomic mass is 35.5. The summed E-state index contributed by atoms with van der Waals surface area (Å²) in [5.41, 5.74) is 0.594. The molecule has 3 aromatic rings. The maximum absolute atomic E-state index is 12.7. The number of benzene rings is 2. The van der Waals surface area contributed by atoms with Crippen LogP contribution in [0.2, 0.25) is 5.02 Å². The van der Waals surface area contributed by atoms with E-state index in [1.807, 2.05) is 43.3 Å². The Labute approximate surface area is 194 Å². The molecule has 0 spiro atoms. The van der Waals surface area contributed by atoms with Gasteiger partial charge in [0, 0.05) is 38.1 Å². The highest BCUT2D eigenvalue weighted by Crippen LogP contribution is 2.34. The third kappa shape index (κ3) is 4.14. The molecule has 0 saturated carbocycles. The van der Waals surface area contributed by atoms with Gasteiger partial charge < -0.3 is 10.0 Å². The Morgan fingerprint density at radius 2 is 1.76 bits per heavy atom. The largest absolute Gasteiger partial charge is 0.493 e. The van der Waals surface area contributed by atoms with E-state index >= 15 is 0 Å². The molecule has 1 aromatic heterocycles. The van der Waals surface area contributed by atoms with E-state index in [4.69, 9.17) is 11.6 Å². The molecule has 2 N–H and O–H groups in total. The summed E-state index contributed by atoms with van der Waals surface area (Å²) in [7, 11) is 3.86. The van der Waals surface area contributed by atoms with Gasteiger partial charge in [-0.1, -0.05) is 23.7 Å². The summed E-state index contributed by atoms with van der Waals surface area (Å²) < 4.78 is 0.965. The van der Waals surface area contributed by atoms with Crippen LogP contribution in [0.3, 0.4) is 0 Å². The van der Waals surface area contributed by atoms with Crippen molar-refractivity contribution in [2.75, 3.05) is 19.0 Å². The zero-order chi connectivity index (χ0) is 23.9. The standard InChI is InChI=1S/C23H22ClN5O4/c1-13(30)29-19(14-4-8-16(9-5-14)27(2)3)12-18(26-29)20-21(31)25-23(33)28(22(20)32)17-10-6-15(24)7-11-17/h4-11,19,32H,12H2,1-3H3,(H,25,31,33)/t19-/m0/s1. The van der Waals surface area contributed by atoms with Crippen LogP contribution in [0.5, 0.6) is 5.88 Å². The number of nitrogens with one attached hydrogen (secondary N) is 1. The van der Waals surface area contributed by atoms with E-state index < -0.39 is 23.2 Å². The van der Waals surface area contributed by atoms with Crippen LogP contribution in [-0.4, -0.2) is 45.4 Å². The number of hydrogen-bond acceptors (Lipinski definition) is 6. The zero-order valence-electron chi connectivity index (χ0n) is 18.2. The number of hydrogen-bond donors (Lipinski definition) is 2. The van der Waals surface area contributed by atoms with Gasteiger partial charge in [-0.15, -0.1) is 0 Å². The quantitative estimate of drug-likeness (QED) is 0.612. The predicted molar refractivity (Wildman–Crippen MR) is 127 cm³/mol. The number of amides is 1. The molecule has 1 aliphatic heterocycles. The van der Waals surface area contributed by atoms with Crippen molar-refractivity contribution in [2.24, 2.45) is 5.10 Å². The number of aromatic amines is 1. The molecule has 0 radical (unpaired) electrons. The molecule has 0 saturated heterocycles. The van der Waals surface area contributed by atoms with E-state index in [1.54, 1.807) is 24.3 Å². The molecule has 9 nitrogen and oxygen atoms in total. The van der Waals surface area contributed by atoms with Crippen LogP contribution in [0.4, 0.5) is 5.69 Å². The minimum atomic E-state index is -0.804. The normalized spacial score (nSPS) is 15.5. The maximum Gasteiger partial charge on any atom is 0.335 e. The third-order valence-electron chi connectivity index (χ3n) is 5.49. The lowest BCUT2D eigenvalue weighted by Gasteiger charge is -2.21. The lowest BCUT2D eigenvalue weighted by atomic mass is 9.99. The SMILES string of the molecule is CC(=O)N1N=C(c2c(O)n(-c3ccc(Cl)cc3)c(=O)[nH]c2=O)C[C@H]1c1ccc(N(C)C)cc1. The molecule has 1 aliphatic rings. The molecule has 4 rings (SSSR count). The highest BCUT2D eigenvalue weighted by Gasteiger charge is 2.34. The van der Waals surface area contributed by atoms with Gasteiger partial charge in [0.25, 0.3) is 5.56 Å². The molecular weight excluding hydrogens is 446 g/mol. The van der Waals surface area contributed by atoms with E-state index in [1.165, 1.54) is 11.9 Å². The first-order valence-corrected chi connectivity index (χ1v) is 10.5. The summed E-state index contributed by atoms with van der Waals surface area (Å²) in [6.07, 6.45) is 0.191. The van der Waals surface area contributed by atoms with E-state index in [0.717, 1.165) is 15.8 Å². The first-order valence-electron chi connectivity index (χ1n) is 10.2. The summed E-state index contributed by atoms with van der Waals surface area (Å²) in [6.45, 7) is 1.38. The minimum Gasteiger partial charge on any atom is -0.493 e. The van der Waals surface area contributed by atoms with Crippen LogP contribution in [0.15, 0.2) is 63.2 Å². The number of anilines is 1. The second kappa shape index (κ2) is 8.59. The number of nitrogens with zero attached hydrogens (tertiary/aromatic N) is 4. The predicted octanol–water partition coefficient (Wildman–Crippen LogP) is 2.65. The van der Waals surface area contributed by atoms with Gasteiger partial charge in [-0.2, -0.15) is 5.10 Å². The Hall–Kier alpha value is -3.85. The number of carbonyl (C=O) groups is 1. The van der Waals surface area contributed by atoms with Gasteiger partial charge >= 0.3 is 5.69 Å². The van der Waals surface area contributed by atoms with E-state index in [0.29, 0.717) is 10.7 Å². The van der Waals surface area contributed by atoms with E-state index in [9.17, 15) is 19.5 Å². The maximum atomic E-state index is 12.7. The van der Waals surface area contributed by atoms with Gasteiger partial charge in [0.15, 0.2) is 0 Å². The Morgan fingerprint density at radius 1 is 1.12 bits per heavy atom. The molecular formula is C23H22ClN5O4. The van der Waals surface area contributed by atoms with Crippen molar-refractivity contribution in [1.29, 1.82) is 0 Å². The molecule has 33 heavy (non-hydrogen) atoms. The Bertz CT molecular complexity index is 1360. The molecule has 0 aliphatic carbocycles. The Kier molecular flexibility index (Phi) is 5.82. The van der Waals surface area contributed by atoms with Crippen molar-refractivity contribution < 1.29 is 9.90 Å². The van der Waals surface area contributed by atoms with Crippen LogP contribution in [-0.2, 0) is 4.79 Å². The summed E-state index contributed by atoms with van der Waals surface area (Å²) in [5.74, 6) is -0.870. The number of aromatic hydroxyl groups is 1. The molecule has 0 unspecified atom stereocenters. The topological polar surface area (TPSA) is 111 Å². The number of halogens is 1. The van der Waals surface area contributed by atoms with Gasteiger partial charge in [0.05, 0.1) is 17.4 Å². The van der Waals surface area contributed by atoms with Gasteiger partial charge in [-0.05, 0) is 42.0 Å². The van der Waals surface area contributed by atoms with Crippen molar-refractivity contribution >= 4 is 28.9 Å². The van der Waals surface area contributed by atoms with Crippen molar-refractivity contribution in [1.82, 2.24) is 14.6 Å². The number of aromatic nitrogens is 2. The average Bonchev–Trinajstić information content (AvgIpc) is 3.20. The molecule has 10 heteroatoms. The fourth-order valence-corrected chi connectivity index (χ4v) is 3.95. The lowest BCUT2D eigenvalue weighted by molar-refractivity contribution is -0.130. The van der Waals surface area contributed by atoms with Crippen LogP contribution in [0.1, 0.15) is 30.5 Å². The third-order valence-corrected chi connectivity index (χ3v) is 5.74. The molecule has 0 bridgehead atoms. The van der Waals surface area contributed by atoms with E-state index in [-0.39, 0.29) is 23.6 Å². The summed E-state index contributed by atoms with van der Waals surface area (Å²) in [5, 5.41) is 17.0. The smallest absolute Gasteiger partial charge is 0.335 e. The van der Waals surface area contributed by atoms with Crippen LogP contribution >= 0.6 is 11.6 Å². The first kappa shape index (κ1) is 22.3. The van der Waals surface area contributed by atoms with Crippen LogP contribution < -0.4 is 16.1 Å². The van der Waals surface area contributed by atoms with Gasteiger partial charge in [-0.25, -0.2) is 14.4 Å². The summed E-state index contributed by atoms with van der Waals surface area (Å²) in [4.78, 5) is 41.7. The molecule has 2 aromatic carbocycles. The molecule has 170 valence electrons. The zero-order valence-corrected chi connectivity index (χ0v) is 19.0. The monoisotopic (exact) mass is 467 g/mol. The van der Waals surface area contributed by atoms with E-state index in [2.05, 4.69) is 10.1 Å². The molecule has 1 atom stereocenters. The lowest BCUT2D eigenvalue weighted by Crippen LogP contribution is -2.33. The fourth-order valence-electron chi connectivity index (χ4n) is 3.82. The average molecular weight is 468 g/mol. The Morgan fingerprint density at radius 3 is 2.33 bits per heavy atom. The minimum absolute atomic E-state index is 0.164. The summed E-state index contributed by atoms with van der Waals surface area (Å²) in [6, 6.07) is 13.4. The second-order valence-corrected chi connectivity index (χ2v) is 8.32. The highest BCUT2D eigenvalue weighted by molar-refractivity contribution is 6.30. The molecule has 1 amide bonds. The van der Waals surface area contributed by atoms with Crippen molar-refractivity contribution in [2.45, 2.75) is 19.4 Å². The molecule has 2 heterocycles. The van der Waals surface area contributed by atoms with Gasteiger partial charge in [0.2, 0.25) is 11.8 Å². The van der Waals surface area contributed by atoms with Crippen molar-refractivity contribution in [3.8, 4) is 11.6 Å². The number of carbonyl (C=O) groups excluding carboxylic acids is 1. The Balaban J connectivity index is 1.79. The van der Waals surface area contributed by atoms with Crippen molar-refractivity contribution in [3.05, 3.63) is 85.5 Å².